The minimum atomic E-state index is -2.82. The van der Waals surface area contributed by atoms with Gasteiger partial charge < -0.3 is 15.8 Å². The number of esters is 1. The predicted octanol–water partition coefficient (Wildman–Crippen LogP) is 2.48. The second-order valence-corrected chi connectivity index (χ2v) is 7.01. The quantitative estimate of drug-likeness (QED) is 0.607. The molecule has 3 rings (SSSR count). The molecule has 0 bridgehead atoms. The highest BCUT2D eigenvalue weighted by Crippen LogP contribution is 2.34. The van der Waals surface area contributed by atoms with Gasteiger partial charge in [-0.15, -0.1) is 11.3 Å². The summed E-state index contributed by atoms with van der Waals surface area (Å²) in [4.78, 5) is 40.7. The third-order valence-electron chi connectivity index (χ3n) is 4.08. The first-order chi connectivity index (χ1) is 13.6. The Morgan fingerprint density at radius 3 is 2.59 bits per heavy atom. The van der Waals surface area contributed by atoms with Gasteiger partial charge in [0.1, 0.15) is 16.3 Å². The van der Waals surface area contributed by atoms with E-state index in [1.54, 1.807) is 0 Å². The Bertz CT molecular complexity index is 1150. The van der Waals surface area contributed by atoms with E-state index >= 15 is 0 Å². The number of anilines is 1. The summed E-state index contributed by atoms with van der Waals surface area (Å²) >= 11 is 0.805. The third kappa shape index (κ3) is 3.53. The molecule has 0 atom stereocenters. The number of nitrogens with zero attached hydrogens (tertiary/aromatic N) is 3. The van der Waals surface area contributed by atoms with E-state index in [1.165, 1.54) is 19.9 Å². The number of nitrogens with one attached hydrogen (secondary N) is 1. The number of carbonyl (C=O) groups excluding carboxylic acids is 3. The molecule has 0 aliphatic heterocycles. The van der Waals surface area contributed by atoms with Crippen molar-refractivity contribution in [3.63, 3.8) is 0 Å². The fourth-order valence-electron chi connectivity index (χ4n) is 2.78. The molecular formula is C17H15F2N5O4S. The molecule has 0 aliphatic carbocycles. The number of nitrogens with two attached hydrogens (primary N) is 1. The van der Waals surface area contributed by atoms with Crippen molar-refractivity contribution in [3.05, 3.63) is 45.2 Å². The van der Waals surface area contributed by atoms with Gasteiger partial charge in [0.05, 0.1) is 23.7 Å². The number of alkyl halides is 2. The number of primary amides is 1. The SMILES string of the molecule is COC(=O)c1c(NC(=O)c2cnn3c(C(F)F)cc(C)nc23)sc(C(N)=O)c1C. The summed E-state index contributed by atoms with van der Waals surface area (Å²) in [6, 6.07) is 1.17. The highest BCUT2D eigenvalue weighted by molar-refractivity contribution is 7.18. The molecule has 12 heteroatoms. The summed E-state index contributed by atoms with van der Waals surface area (Å²) in [7, 11) is 1.15. The van der Waals surface area contributed by atoms with Crippen molar-refractivity contribution in [3.8, 4) is 0 Å². The molecule has 0 saturated carbocycles. The van der Waals surface area contributed by atoms with Crippen LogP contribution < -0.4 is 11.1 Å². The number of methoxy groups -OCH3 is 1. The standard InChI is InChI=1S/C17H15F2N5O4S/c1-6-4-9(12(18)19)24-14(22-6)8(5-21-24)15(26)23-16-10(17(27)28-3)7(2)11(29-16)13(20)25/h4-5,12H,1-3H3,(H2,20,25)(H,23,26). The molecule has 0 fully saturated rings. The molecule has 9 nitrogen and oxygen atoms in total. The van der Waals surface area contributed by atoms with Gasteiger partial charge in [-0.2, -0.15) is 5.10 Å². The zero-order chi connectivity index (χ0) is 21.5. The number of fused-ring (bicyclic) bond motifs is 1. The van der Waals surface area contributed by atoms with Gasteiger partial charge >= 0.3 is 5.97 Å². The molecule has 3 aromatic rings. The number of halogens is 2. The molecule has 0 aromatic carbocycles. The molecule has 0 radical (unpaired) electrons. The van der Waals surface area contributed by atoms with E-state index in [0.717, 1.165) is 29.2 Å². The van der Waals surface area contributed by atoms with Crippen molar-refractivity contribution in [1.29, 1.82) is 0 Å². The molecule has 152 valence electrons. The van der Waals surface area contributed by atoms with Crippen LogP contribution in [0.5, 0.6) is 0 Å². The van der Waals surface area contributed by atoms with Crippen LogP contribution in [0.25, 0.3) is 5.65 Å². The van der Waals surface area contributed by atoms with E-state index in [4.69, 9.17) is 10.5 Å². The van der Waals surface area contributed by atoms with Crippen molar-refractivity contribution < 1.29 is 27.9 Å². The Hall–Kier alpha value is -3.41. The van der Waals surface area contributed by atoms with Crippen molar-refractivity contribution in [2.45, 2.75) is 20.3 Å². The van der Waals surface area contributed by atoms with E-state index in [1.807, 2.05) is 0 Å². The van der Waals surface area contributed by atoms with E-state index in [-0.39, 0.29) is 37.9 Å². The van der Waals surface area contributed by atoms with Crippen molar-refractivity contribution >= 4 is 39.8 Å². The van der Waals surface area contributed by atoms with Crippen molar-refractivity contribution in [2.24, 2.45) is 5.73 Å². The molecule has 0 spiro atoms. The Balaban J connectivity index is 2.07. The molecular weight excluding hydrogens is 408 g/mol. The lowest BCUT2D eigenvalue weighted by molar-refractivity contribution is 0.0601. The number of hydrogen-bond acceptors (Lipinski definition) is 7. The molecule has 0 unspecified atom stereocenters. The summed E-state index contributed by atoms with van der Waals surface area (Å²) in [5.74, 6) is -2.29. The minimum absolute atomic E-state index is 0.0199. The maximum Gasteiger partial charge on any atom is 0.341 e. The second-order valence-electron chi connectivity index (χ2n) is 5.99. The van der Waals surface area contributed by atoms with Crippen LogP contribution in [0.2, 0.25) is 0 Å². The maximum atomic E-state index is 13.3. The van der Waals surface area contributed by atoms with Gasteiger partial charge in [-0.3, -0.25) is 9.59 Å². The van der Waals surface area contributed by atoms with Crippen LogP contribution in [0.1, 0.15) is 53.8 Å². The summed E-state index contributed by atoms with van der Waals surface area (Å²) in [5, 5.41) is 6.35. The number of aryl methyl sites for hydroxylation is 1. The lowest BCUT2D eigenvalue weighted by atomic mass is 10.1. The van der Waals surface area contributed by atoms with Gasteiger partial charge in [-0.25, -0.2) is 23.1 Å². The Morgan fingerprint density at radius 1 is 1.31 bits per heavy atom. The van der Waals surface area contributed by atoms with Gasteiger partial charge in [0.15, 0.2) is 5.65 Å². The monoisotopic (exact) mass is 423 g/mol. The molecule has 3 aromatic heterocycles. The van der Waals surface area contributed by atoms with E-state index in [9.17, 15) is 23.2 Å². The highest BCUT2D eigenvalue weighted by atomic mass is 32.1. The molecule has 3 heterocycles. The number of thiophene rings is 1. The molecule has 3 N–H and O–H groups in total. The summed E-state index contributed by atoms with van der Waals surface area (Å²) in [6.45, 7) is 3.01. The van der Waals surface area contributed by atoms with Gasteiger partial charge in [-0.05, 0) is 25.5 Å². The van der Waals surface area contributed by atoms with Gasteiger partial charge in [-0.1, -0.05) is 0 Å². The summed E-state index contributed by atoms with van der Waals surface area (Å²) in [6.07, 6.45) is -1.73. The molecule has 0 aliphatic rings. The van der Waals surface area contributed by atoms with Crippen LogP contribution in [-0.4, -0.2) is 39.5 Å². The average molecular weight is 423 g/mol. The summed E-state index contributed by atoms with van der Waals surface area (Å²) < 4.78 is 32.1. The van der Waals surface area contributed by atoms with Crippen molar-refractivity contribution in [2.75, 3.05) is 12.4 Å². The number of rotatable bonds is 5. The number of amides is 2. The van der Waals surface area contributed by atoms with Crippen LogP contribution in [0.4, 0.5) is 13.8 Å². The number of aromatic nitrogens is 3. The van der Waals surface area contributed by atoms with Crippen LogP contribution in [0.3, 0.4) is 0 Å². The number of carbonyl (C=O) groups is 3. The largest absolute Gasteiger partial charge is 0.465 e. The van der Waals surface area contributed by atoms with Gasteiger partial charge in [0.25, 0.3) is 18.2 Å². The molecule has 29 heavy (non-hydrogen) atoms. The fourth-order valence-corrected chi connectivity index (χ4v) is 3.83. The predicted molar refractivity (Wildman–Crippen MR) is 99.5 cm³/mol. The normalized spacial score (nSPS) is 11.1. The van der Waals surface area contributed by atoms with Crippen LogP contribution in [-0.2, 0) is 4.74 Å². The van der Waals surface area contributed by atoms with Crippen molar-refractivity contribution in [1.82, 2.24) is 14.6 Å². The first kappa shape index (κ1) is 20.3. The smallest absolute Gasteiger partial charge is 0.341 e. The van der Waals surface area contributed by atoms with Crippen LogP contribution in [0.15, 0.2) is 12.3 Å². The molecule has 0 saturated heterocycles. The Labute approximate surface area is 166 Å². The zero-order valence-electron chi connectivity index (χ0n) is 15.4. The Morgan fingerprint density at radius 2 is 2.00 bits per heavy atom. The topological polar surface area (TPSA) is 129 Å². The second kappa shape index (κ2) is 7.54. The third-order valence-corrected chi connectivity index (χ3v) is 5.30. The Kier molecular flexibility index (Phi) is 5.29. The number of ether oxygens (including phenoxy) is 1. The van der Waals surface area contributed by atoms with Crippen LogP contribution in [0, 0.1) is 13.8 Å². The first-order valence-corrected chi connectivity index (χ1v) is 8.93. The van der Waals surface area contributed by atoms with Gasteiger partial charge in [0.2, 0.25) is 0 Å². The number of hydrogen-bond donors (Lipinski definition) is 2. The summed E-state index contributed by atoms with van der Waals surface area (Å²) in [5.41, 5.74) is 5.27. The fraction of sp³-hybridized carbons (Fsp3) is 0.235. The van der Waals surface area contributed by atoms with Gasteiger partial charge in [0, 0.05) is 5.69 Å². The van der Waals surface area contributed by atoms with E-state index in [2.05, 4.69) is 15.4 Å². The van der Waals surface area contributed by atoms with Crippen LogP contribution >= 0.6 is 11.3 Å². The lowest BCUT2D eigenvalue weighted by Gasteiger charge is -2.07. The average Bonchev–Trinajstić information content (AvgIpc) is 3.21. The first-order valence-electron chi connectivity index (χ1n) is 8.12. The molecule has 2 amide bonds. The van der Waals surface area contributed by atoms with E-state index < -0.39 is 29.9 Å². The maximum absolute atomic E-state index is 13.3. The minimum Gasteiger partial charge on any atom is -0.465 e. The lowest BCUT2D eigenvalue weighted by Crippen LogP contribution is -2.15. The zero-order valence-corrected chi connectivity index (χ0v) is 16.3. The highest BCUT2D eigenvalue weighted by Gasteiger charge is 2.27. The van der Waals surface area contributed by atoms with E-state index in [0.29, 0.717) is 0 Å².